The summed E-state index contributed by atoms with van der Waals surface area (Å²) in [6, 6.07) is 0. The van der Waals surface area contributed by atoms with E-state index in [1.807, 2.05) is 0 Å². The molecule has 3 heteroatoms. The van der Waals surface area contributed by atoms with E-state index in [0.29, 0.717) is 0 Å². The summed E-state index contributed by atoms with van der Waals surface area (Å²) in [5, 5.41) is 0. The summed E-state index contributed by atoms with van der Waals surface area (Å²) in [6.45, 7) is 6.75. The van der Waals surface area contributed by atoms with E-state index in [-0.39, 0.29) is 59.9 Å². The molecule has 0 bridgehead atoms. The third-order valence-electron chi connectivity index (χ3n) is 0. The van der Waals surface area contributed by atoms with Gasteiger partial charge < -0.3 is 26.4 Å². The van der Waals surface area contributed by atoms with Gasteiger partial charge in [0.1, 0.15) is 0 Å². The maximum Gasteiger partial charge on any atom is 2.00 e. The summed E-state index contributed by atoms with van der Waals surface area (Å²) in [5.74, 6) is 0. The predicted molar refractivity (Wildman–Crippen MR) is 20.6 cm³/mol. The number of hydrogen-bond acceptors (Lipinski definition) is 0. The molecule has 0 amide bonds. The van der Waals surface area contributed by atoms with E-state index in [1.165, 1.54) is 0 Å². The molecule has 0 saturated heterocycles. The summed E-state index contributed by atoms with van der Waals surface area (Å²) in [5.41, 5.74) is 0. The predicted octanol–water partition coefficient (Wildman–Crippen LogP) is 1.76. The second kappa shape index (κ2) is 29.5. The van der Waals surface area contributed by atoms with Crippen molar-refractivity contribution in [3.05, 3.63) is 20.0 Å². The number of nitrogens with two attached hydrogens (primary N) is 1. The van der Waals surface area contributed by atoms with Crippen molar-refractivity contribution in [2.24, 2.45) is 0 Å². The molecule has 0 aromatic rings. The molecule has 1 nitrogen and oxygen atoms in total. The normalized spacial score (nSPS) is 3.00. The summed E-state index contributed by atoms with van der Waals surface area (Å²) in [6.07, 6.45) is 0.750. The van der Waals surface area contributed by atoms with E-state index in [1.54, 1.807) is 0 Å². The first-order valence-corrected chi connectivity index (χ1v) is 1.000. The summed E-state index contributed by atoms with van der Waals surface area (Å²) in [7, 11) is 0. The van der Waals surface area contributed by atoms with Crippen molar-refractivity contribution >= 4 is 0 Å². The Hall–Kier alpha value is 1.75. The van der Waals surface area contributed by atoms with Crippen molar-refractivity contribution < 1.29 is 53.8 Å². The zero-order valence-corrected chi connectivity index (χ0v) is 9.46. The van der Waals surface area contributed by atoms with Crippen LogP contribution in [0, 0.1) is 13.8 Å². The molecule has 0 aliphatic heterocycles. The van der Waals surface area contributed by atoms with E-state index in [0.717, 1.165) is 6.42 Å². The second-order valence-electron chi connectivity index (χ2n) is 0.354. The van der Waals surface area contributed by atoms with Crippen molar-refractivity contribution in [3.8, 4) is 0 Å². The standard InChI is InChI=1S/C3H6.H2N.W.Y/c1-3-2;;;/h1-3H2;1H2;;/q-2;-1;+2;. The van der Waals surface area contributed by atoms with Crippen LogP contribution < -0.4 is 0 Å². The first kappa shape index (κ1) is 25.1. The van der Waals surface area contributed by atoms with Gasteiger partial charge in [0.05, 0.1) is 0 Å². The van der Waals surface area contributed by atoms with Crippen molar-refractivity contribution in [2.75, 3.05) is 0 Å². The van der Waals surface area contributed by atoms with E-state index in [9.17, 15) is 0 Å². The summed E-state index contributed by atoms with van der Waals surface area (Å²) >= 11 is 0. The summed E-state index contributed by atoms with van der Waals surface area (Å²) < 4.78 is 0. The van der Waals surface area contributed by atoms with Crippen LogP contribution in [0.25, 0.3) is 6.15 Å². The zero-order chi connectivity index (χ0) is 2.71. The van der Waals surface area contributed by atoms with Crippen LogP contribution >= 0.6 is 0 Å². The molecular weight excluding hydrogens is 323 g/mol. The quantitative estimate of drug-likeness (QED) is 0.607. The van der Waals surface area contributed by atoms with E-state index < -0.39 is 0 Å². The van der Waals surface area contributed by atoms with E-state index >= 15 is 0 Å². The molecule has 0 fully saturated rings. The third kappa shape index (κ3) is 42.3. The van der Waals surface area contributed by atoms with Crippen molar-refractivity contribution in [1.29, 1.82) is 0 Å². The van der Waals surface area contributed by atoms with Gasteiger partial charge in [0.15, 0.2) is 0 Å². The van der Waals surface area contributed by atoms with Crippen LogP contribution in [0.15, 0.2) is 0 Å². The first-order chi connectivity index (χ1) is 1.41. The molecule has 0 heterocycles. The second-order valence-corrected chi connectivity index (χ2v) is 0.354. The number of hydrogen-bond donors (Lipinski definition) is 0. The van der Waals surface area contributed by atoms with Crippen LogP contribution in [0.1, 0.15) is 6.42 Å². The minimum atomic E-state index is 0. The molecular formula is C3H8NWY-. The molecule has 0 unspecified atom stereocenters. The number of rotatable bonds is 0. The van der Waals surface area contributed by atoms with Crippen LogP contribution in [-0.2, 0) is 53.8 Å². The van der Waals surface area contributed by atoms with Gasteiger partial charge in [0.25, 0.3) is 0 Å². The van der Waals surface area contributed by atoms with Gasteiger partial charge in [0.2, 0.25) is 0 Å². The molecule has 0 spiro atoms. The fraction of sp³-hybridized carbons (Fsp3) is 0.333. The van der Waals surface area contributed by atoms with Gasteiger partial charge in [-0.05, 0) is 0 Å². The van der Waals surface area contributed by atoms with Gasteiger partial charge in [-0.1, -0.05) is 0 Å². The Morgan fingerprint density at radius 1 is 1.17 bits per heavy atom. The molecule has 0 rings (SSSR count). The van der Waals surface area contributed by atoms with Crippen LogP contribution in [0.2, 0.25) is 0 Å². The van der Waals surface area contributed by atoms with Crippen LogP contribution in [0.4, 0.5) is 0 Å². The largest absolute Gasteiger partial charge is 2.00 e. The fourth-order valence-electron chi connectivity index (χ4n) is 0. The maximum absolute atomic E-state index is 3.38. The molecule has 0 saturated carbocycles. The Bertz CT molecular complexity index is 10.8. The monoisotopic (exact) mass is 331 g/mol. The minimum Gasteiger partial charge on any atom is -0.693 e. The zero-order valence-electron chi connectivity index (χ0n) is 3.68. The van der Waals surface area contributed by atoms with Gasteiger partial charge in [0, 0.05) is 32.7 Å². The SMILES string of the molecule is [CH2-]C[CH2-].[NH2-].[W+2].[Y]. The molecule has 0 aliphatic carbocycles. The van der Waals surface area contributed by atoms with Gasteiger partial charge in [-0.15, -0.1) is 0 Å². The topological polar surface area (TPSA) is 33.5 Å². The fourth-order valence-corrected chi connectivity index (χ4v) is 0. The Balaban J connectivity index is -0.00000000667. The van der Waals surface area contributed by atoms with Gasteiger partial charge >= 0.3 is 21.1 Å². The smallest absolute Gasteiger partial charge is 0.693 e. The van der Waals surface area contributed by atoms with Crippen LogP contribution in [0.3, 0.4) is 0 Å². The first-order valence-electron chi connectivity index (χ1n) is 1.000. The molecule has 2 N–H and O–H groups in total. The summed E-state index contributed by atoms with van der Waals surface area (Å²) in [4.78, 5) is 0. The van der Waals surface area contributed by atoms with Crippen LogP contribution in [-0.4, -0.2) is 0 Å². The Morgan fingerprint density at radius 3 is 1.17 bits per heavy atom. The van der Waals surface area contributed by atoms with Gasteiger partial charge in [-0.3, -0.25) is 0 Å². The average molecular weight is 331 g/mol. The van der Waals surface area contributed by atoms with E-state index in [2.05, 4.69) is 13.8 Å². The molecule has 0 aliphatic rings. The Kier molecular flexibility index (Phi) is 123. The van der Waals surface area contributed by atoms with Gasteiger partial charge in [-0.25, -0.2) is 0 Å². The molecule has 0 atom stereocenters. The van der Waals surface area contributed by atoms with Gasteiger partial charge in [-0.2, -0.15) is 0 Å². The molecule has 1 radical (unpaired) electrons. The molecule has 35 valence electrons. The Morgan fingerprint density at radius 2 is 1.17 bits per heavy atom. The van der Waals surface area contributed by atoms with Crippen LogP contribution in [0.5, 0.6) is 0 Å². The van der Waals surface area contributed by atoms with E-state index in [4.69, 9.17) is 0 Å². The Labute approximate surface area is 79.4 Å². The molecule has 0 aromatic carbocycles. The average Bonchev–Trinajstić information content (AvgIpc) is 0.918. The minimum absolute atomic E-state index is 0. The third-order valence-corrected chi connectivity index (χ3v) is 0. The molecule has 0 aromatic heterocycles. The maximum atomic E-state index is 3.38. The molecule has 6 heavy (non-hydrogen) atoms. The van der Waals surface area contributed by atoms with Crippen molar-refractivity contribution in [1.82, 2.24) is 0 Å². The van der Waals surface area contributed by atoms with Crippen molar-refractivity contribution in [3.63, 3.8) is 0 Å². The van der Waals surface area contributed by atoms with Crippen molar-refractivity contribution in [2.45, 2.75) is 6.42 Å².